The molecule has 0 amide bonds. The maximum absolute atomic E-state index is 3.59. The number of piperidine rings is 1. The first-order valence-corrected chi connectivity index (χ1v) is 5.86. The molecule has 2 aliphatic heterocycles. The number of hydrogen-bond acceptors (Lipinski definition) is 2. The third-order valence-corrected chi connectivity index (χ3v) is 4.06. The van der Waals surface area contributed by atoms with Crippen LogP contribution in [0, 0.1) is 5.41 Å². The Bertz CT molecular complexity index is 350. The van der Waals surface area contributed by atoms with Gasteiger partial charge in [0.15, 0.2) is 0 Å². The van der Waals surface area contributed by atoms with E-state index >= 15 is 0 Å². The van der Waals surface area contributed by atoms with Gasteiger partial charge in [-0.05, 0) is 37.6 Å². The second kappa shape index (κ2) is 3.35. The van der Waals surface area contributed by atoms with Crippen LogP contribution in [0.5, 0.6) is 0 Å². The minimum absolute atomic E-state index is 0.548. The van der Waals surface area contributed by atoms with Crippen molar-refractivity contribution in [2.45, 2.75) is 18.9 Å². The van der Waals surface area contributed by atoms with E-state index < -0.39 is 0 Å². The van der Waals surface area contributed by atoms with Crippen molar-refractivity contribution in [1.29, 1.82) is 0 Å². The van der Waals surface area contributed by atoms with Crippen LogP contribution < -0.4 is 10.6 Å². The monoisotopic (exact) mass is 205 g/mol. The standard InChI is InChI=1S/C12H19N3/c1-15-7-2-10(8-15)11-12(9-14-11)3-5-13-6-4-12/h2,7-8,11,13-14H,3-6,9H2,1H3/t11-/m1/s1. The Morgan fingerprint density at radius 2 is 2.20 bits per heavy atom. The van der Waals surface area contributed by atoms with Crippen molar-refractivity contribution in [3.05, 3.63) is 24.0 Å². The third kappa shape index (κ3) is 1.42. The van der Waals surface area contributed by atoms with E-state index in [1.54, 1.807) is 0 Å². The van der Waals surface area contributed by atoms with Gasteiger partial charge in [-0.15, -0.1) is 0 Å². The van der Waals surface area contributed by atoms with Crippen molar-refractivity contribution < 1.29 is 0 Å². The van der Waals surface area contributed by atoms with Crippen LogP contribution in [0.4, 0.5) is 0 Å². The Kier molecular flexibility index (Phi) is 2.11. The summed E-state index contributed by atoms with van der Waals surface area (Å²) in [5, 5.41) is 7.05. The molecule has 2 fully saturated rings. The summed E-state index contributed by atoms with van der Waals surface area (Å²) in [5.74, 6) is 0. The third-order valence-electron chi connectivity index (χ3n) is 4.06. The maximum atomic E-state index is 3.59. The summed E-state index contributed by atoms with van der Waals surface area (Å²) in [6.07, 6.45) is 7.03. The largest absolute Gasteiger partial charge is 0.357 e. The van der Waals surface area contributed by atoms with Crippen LogP contribution in [0.1, 0.15) is 24.4 Å². The van der Waals surface area contributed by atoms with Crippen LogP contribution in [0.2, 0.25) is 0 Å². The van der Waals surface area contributed by atoms with Gasteiger partial charge < -0.3 is 15.2 Å². The predicted octanol–water partition coefficient (Wildman–Crippen LogP) is 1.04. The van der Waals surface area contributed by atoms with Crippen molar-refractivity contribution in [3.8, 4) is 0 Å². The lowest BCUT2D eigenvalue weighted by atomic mass is 9.65. The summed E-state index contributed by atoms with van der Waals surface area (Å²) < 4.78 is 2.14. The SMILES string of the molecule is Cn1ccc([C@H]2NCC23CCNCC3)c1. The average molecular weight is 205 g/mol. The van der Waals surface area contributed by atoms with Crippen molar-refractivity contribution in [2.24, 2.45) is 12.5 Å². The summed E-state index contributed by atoms with van der Waals surface area (Å²) >= 11 is 0. The molecule has 2 N–H and O–H groups in total. The smallest absolute Gasteiger partial charge is 0.0405 e. The Labute approximate surface area is 90.9 Å². The fraction of sp³-hybridized carbons (Fsp3) is 0.667. The zero-order valence-corrected chi connectivity index (χ0v) is 9.29. The minimum Gasteiger partial charge on any atom is -0.357 e. The van der Waals surface area contributed by atoms with E-state index in [-0.39, 0.29) is 0 Å². The van der Waals surface area contributed by atoms with Gasteiger partial charge in [-0.3, -0.25) is 0 Å². The number of aromatic nitrogens is 1. The van der Waals surface area contributed by atoms with Crippen molar-refractivity contribution >= 4 is 0 Å². The quantitative estimate of drug-likeness (QED) is 0.717. The summed E-state index contributed by atoms with van der Waals surface area (Å²) in [7, 11) is 2.09. The van der Waals surface area contributed by atoms with E-state index in [0.717, 1.165) is 0 Å². The van der Waals surface area contributed by atoms with E-state index in [2.05, 4.69) is 40.7 Å². The van der Waals surface area contributed by atoms with Gasteiger partial charge in [-0.2, -0.15) is 0 Å². The van der Waals surface area contributed by atoms with Crippen molar-refractivity contribution in [2.75, 3.05) is 19.6 Å². The van der Waals surface area contributed by atoms with Crippen LogP contribution in [0.3, 0.4) is 0 Å². The molecule has 1 aromatic rings. The Balaban J connectivity index is 1.82. The summed E-state index contributed by atoms with van der Waals surface area (Å²) in [5.41, 5.74) is 2.01. The molecule has 3 rings (SSSR count). The van der Waals surface area contributed by atoms with Gasteiger partial charge in [-0.25, -0.2) is 0 Å². The van der Waals surface area contributed by atoms with E-state index in [1.807, 2.05) is 0 Å². The lowest BCUT2D eigenvalue weighted by molar-refractivity contribution is 0.0436. The van der Waals surface area contributed by atoms with E-state index in [1.165, 1.54) is 38.0 Å². The first-order chi connectivity index (χ1) is 7.30. The highest BCUT2D eigenvalue weighted by Gasteiger charge is 2.47. The molecule has 0 unspecified atom stereocenters. The van der Waals surface area contributed by atoms with Crippen LogP contribution in [-0.2, 0) is 7.05 Å². The van der Waals surface area contributed by atoms with Crippen LogP contribution in [0.15, 0.2) is 18.5 Å². The highest BCUT2D eigenvalue weighted by Crippen LogP contribution is 2.47. The van der Waals surface area contributed by atoms with Gasteiger partial charge >= 0.3 is 0 Å². The normalized spacial score (nSPS) is 29.0. The second-order valence-electron chi connectivity index (χ2n) is 5.04. The molecule has 2 saturated heterocycles. The predicted molar refractivity (Wildman–Crippen MR) is 60.7 cm³/mol. The fourth-order valence-corrected chi connectivity index (χ4v) is 3.05. The lowest BCUT2D eigenvalue weighted by Gasteiger charge is -2.53. The van der Waals surface area contributed by atoms with E-state index in [9.17, 15) is 0 Å². The summed E-state index contributed by atoms with van der Waals surface area (Å²) in [6.45, 7) is 3.57. The molecule has 3 nitrogen and oxygen atoms in total. The van der Waals surface area contributed by atoms with Crippen LogP contribution in [-0.4, -0.2) is 24.2 Å². The number of nitrogens with zero attached hydrogens (tertiary/aromatic N) is 1. The first-order valence-electron chi connectivity index (χ1n) is 5.86. The molecule has 1 aromatic heterocycles. The molecular weight excluding hydrogens is 186 g/mol. The summed E-state index contributed by atoms with van der Waals surface area (Å²) in [4.78, 5) is 0. The molecule has 0 radical (unpaired) electrons. The van der Waals surface area contributed by atoms with Gasteiger partial charge in [0.1, 0.15) is 0 Å². The van der Waals surface area contributed by atoms with E-state index in [4.69, 9.17) is 0 Å². The van der Waals surface area contributed by atoms with Crippen LogP contribution in [0.25, 0.3) is 0 Å². The summed E-state index contributed by atoms with van der Waals surface area (Å²) in [6, 6.07) is 2.85. The van der Waals surface area contributed by atoms with Gasteiger partial charge in [0.05, 0.1) is 0 Å². The highest BCUT2D eigenvalue weighted by molar-refractivity contribution is 5.23. The highest BCUT2D eigenvalue weighted by atomic mass is 15.1. The zero-order chi connectivity index (χ0) is 10.3. The molecule has 0 bridgehead atoms. The maximum Gasteiger partial charge on any atom is 0.0405 e. The average Bonchev–Trinajstić information content (AvgIpc) is 2.64. The van der Waals surface area contributed by atoms with Crippen molar-refractivity contribution in [3.63, 3.8) is 0 Å². The van der Waals surface area contributed by atoms with Gasteiger partial charge in [0, 0.05) is 37.4 Å². The molecule has 0 aliphatic carbocycles. The number of nitrogens with one attached hydrogen (secondary N) is 2. The molecule has 0 aromatic carbocycles. The van der Waals surface area contributed by atoms with Crippen LogP contribution >= 0.6 is 0 Å². The lowest BCUT2D eigenvalue weighted by Crippen LogP contribution is -2.59. The topological polar surface area (TPSA) is 29.0 Å². The fourth-order valence-electron chi connectivity index (χ4n) is 3.05. The number of rotatable bonds is 1. The minimum atomic E-state index is 0.548. The molecule has 1 atom stereocenters. The zero-order valence-electron chi connectivity index (χ0n) is 9.29. The Hall–Kier alpha value is -0.800. The molecule has 1 spiro atoms. The Morgan fingerprint density at radius 1 is 1.40 bits per heavy atom. The molecular formula is C12H19N3. The number of hydrogen-bond donors (Lipinski definition) is 2. The number of aryl methyl sites for hydroxylation is 1. The molecule has 15 heavy (non-hydrogen) atoms. The molecule has 2 aliphatic rings. The van der Waals surface area contributed by atoms with E-state index in [0.29, 0.717) is 11.5 Å². The van der Waals surface area contributed by atoms with Crippen molar-refractivity contribution in [1.82, 2.24) is 15.2 Å². The van der Waals surface area contributed by atoms with Gasteiger partial charge in [-0.1, -0.05) is 0 Å². The molecule has 3 heteroatoms. The Morgan fingerprint density at radius 3 is 2.73 bits per heavy atom. The first kappa shape index (κ1) is 9.43. The second-order valence-corrected chi connectivity index (χ2v) is 5.04. The molecule has 3 heterocycles. The van der Waals surface area contributed by atoms with Gasteiger partial charge in [0.25, 0.3) is 0 Å². The molecule has 82 valence electrons. The van der Waals surface area contributed by atoms with Gasteiger partial charge in [0.2, 0.25) is 0 Å². The molecule has 0 saturated carbocycles.